The molecule has 1 N–H and O–H groups in total. The first-order valence-electron chi connectivity index (χ1n) is 6.91. The molecule has 19 heavy (non-hydrogen) atoms. The van der Waals surface area contributed by atoms with E-state index in [9.17, 15) is 0 Å². The molecule has 2 nitrogen and oxygen atoms in total. The molecule has 0 radical (unpaired) electrons. The van der Waals surface area contributed by atoms with Crippen LogP contribution in [0.3, 0.4) is 0 Å². The lowest BCUT2D eigenvalue weighted by Crippen LogP contribution is -2.21. The highest BCUT2D eigenvalue weighted by Gasteiger charge is 2.18. The van der Waals surface area contributed by atoms with E-state index in [1.165, 1.54) is 26.7 Å². The van der Waals surface area contributed by atoms with E-state index in [2.05, 4.69) is 57.3 Å². The maximum atomic E-state index is 4.80. The van der Waals surface area contributed by atoms with E-state index in [0.29, 0.717) is 0 Å². The van der Waals surface area contributed by atoms with Gasteiger partial charge in [0.05, 0.1) is 11.7 Å². The summed E-state index contributed by atoms with van der Waals surface area (Å²) in [6, 6.07) is 8.95. The van der Waals surface area contributed by atoms with Gasteiger partial charge in [-0.05, 0) is 32.4 Å². The lowest BCUT2D eigenvalue weighted by molar-refractivity contribution is 0.625. The van der Waals surface area contributed by atoms with E-state index in [4.69, 9.17) is 4.98 Å². The Bertz CT molecular complexity index is 528. The third-order valence-electron chi connectivity index (χ3n) is 3.31. The van der Waals surface area contributed by atoms with E-state index in [-0.39, 0.29) is 6.04 Å². The van der Waals surface area contributed by atoms with E-state index in [1.807, 2.05) is 11.3 Å². The van der Waals surface area contributed by atoms with Crippen LogP contribution in [0.1, 0.15) is 46.6 Å². The Morgan fingerprint density at radius 1 is 1.16 bits per heavy atom. The number of hydrogen-bond donors (Lipinski definition) is 1. The molecule has 1 aromatic heterocycles. The maximum absolute atomic E-state index is 4.80. The Morgan fingerprint density at radius 3 is 2.37 bits per heavy atom. The van der Waals surface area contributed by atoms with Gasteiger partial charge in [-0.3, -0.25) is 0 Å². The van der Waals surface area contributed by atoms with Crippen molar-refractivity contribution >= 4 is 11.3 Å². The van der Waals surface area contributed by atoms with Crippen LogP contribution in [-0.2, 0) is 6.42 Å². The molecule has 0 aliphatic rings. The number of thiazole rings is 1. The van der Waals surface area contributed by atoms with Crippen LogP contribution in [0.4, 0.5) is 0 Å². The number of aryl methyl sites for hydroxylation is 3. The second-order valence-electron chi connectivity index (χ2n) is 4.81. The third kappa shape index (κ3) is 3.23. The number of benzene rings is 1. The molecule has 0 bridgehead atoms. The summed E-state index contributed by atoms with van der Waals surface area (Å²) in [5, 5.41) is 4.73. The predicted molar refractivity (Wildman–Crippen MR) is 82.9 cm³/mol. The van der Waals surface area contributed by atoms with Crippen LogP contribution >= 0.6 is 11.3 Å². The zero-order valence-electron chi connectivity index (χ0n) is 12.2. The van der Waals surface area contributed by atoms with Crippen LogP contribution in [-0.4, -0.2) is 11.5 Å². The lowest BCUT2D eigenvalue weighted by atomic mass is 10.1. The molecule has 1 heterocycles. The molecule has 0 aliphatic heterocycles. The van der Waals surface area contributed by atoms with Crippen molar-refractivity contribution in [1.82, 2.24) is 10.3 Å². The molecule has 102 valence electrons. The SMILES string of the molecule is CCNC(c1ccc(C)cc1)c1nc(CC)c(C)s1. The summed E-state index contributed by atoms with van der Waals surface area (Å²) in [5.41, 5.74) is 3.82. The second kappa shape index (κ2) is 6.31. The van der Waals surface area contributed by atoms with Crippen LogP contribution in [0.2, 0.25) is 0 Å². The summed E-state index contributed by atoms with van der Waals surface area (Å²) >= 11 is 1.81. The summed E-state index contributed by atoms with van der Waals surface area (Å²) in [5.74, 6) is 0. The van der Waals surface area contributed by atoms with Crippen molar-refractivity contribution in [2.75, 3.05) is 6.54 Å². The molecule has 1 aromatic carbocycles. The largest absolute Gasteiger partial charge is 0.305 e. The van der Waals surface area contributed by atoms with Gasteiger partial charge in [0.25, 0.3) is 0 Å². The van der Waals surface area contributed by atoms with Gasteiger partial charge in [-0.2, -0.15) is 0 Å². The molecule has 1 unspecified atom stereocenters. The van der Waals surface area contributed by atoms with E-state index in [0.717, 1.165) is 13.0 Å². The average molecular weight is 274 g/mol. The first kappa shape index (κ1) is 14.2. The van der Waals surface area contributed by atoms with Gasteiger partial charge in [0, 0.05) is 4.88 Å². The fraction of sp³-hybridized carbons (Fsp3) is 0.438. The van der Waals surface area contributed by atoms with E-state index >= 15 is 0 Å². The van der Waals surface area contributed by atoms with Gasteiger partial charge in [0.1, 0.15) is 5.01 Å². The standard InChI is InChI=1S/C16H22N2S/c1-5-14-12(4)19-16(18-14)15(17-6-2)13-9-7-11(3)8-10-13/h7-10,15,17H,5-6H2,1-4H3. The quantitative estimate of drug-likeness (QED) is 0.890. The Hall–Kier alpha value is -1.19. The van der Waals surface area contributed by atoms with Gasteiger partial charge in [-0.1, -0.05) is 43.7 Å². The van der Waals surface area contributed by atoms with Crippen LogP contribution in [0.25, 0.3) is 0 Å². The predicted octanol–water partition coefficient (Wildman–Crippen LogP) is 4.02. The fourth-order valence-corrected chi connectivity index (χ4v) is 3.33. The first-order valence-corrected chi connectivity index (χ1v) is 7.73. The molecule has 1 atom stereocenters. The van der Waals surface area contributed by atoms with Crippen molar-refractivity contribution in [3.63, 3.8) is 0 Å². The number of rotatable bonds is 5. The number of nitrogens with zero attached hydrogens (tertiary/aromatic N) is 1. The Labute approximate surface area is 119 Å². The lowest BCUT2D eigenvalue weighted by Gasteiger charge is -2.16. The zero-order chi connectivity index (χ0) is 13.8. The Kier molecular flexibility index (Phi) is 4.72. The zero-order valence-corrected chi connectivity index (χ0v) is 13.0. The molecule has 0 fully saturated rings. The molecule has 0 aliphatic carbocycles. The summed E-state index contributed by atoms with van der Waals surface area (Å²) in [6.45, 7) is 9.54. The second-order valence-corrected chi connectivity index (χ2v) is 6.04. The minimum absolute atomic E-state index is 0.217. The van der Waals surface area contributed by atoms with Crippen molar-refractivity contribution in [2.24, 2.45) is 0 Å². The maximum Gasteiger partial charge on any atom is 0.115 e. The molecule has 0 spiro atoms. The van der Waals surface area contributed by atoms with Crippen molar-refractivity contribution < 1.29 is 0 Å². The minimum atomic E-state index is 0.217. The third-order valence-corrected chi connectivity index (χ3v) is 4.39. The number of hydrogen-bond acceptors (Lipinski definition) is 3. The molecule has 2 rings (SSSR count). The van der Waals surface area contributed by atoms with Gasteiger partial charge in [0.2, 0.25) is 0 Å². The molecule has 0 amide bonds. The highest BCUT2D eigenvalue weighted by molar-refractivity contribution is 7.11. The van der Waals surface area contributed by atoms with Crippen LogP contribution in [0.5, 0.6) is 0 Å². The molecule has 0 saturated heterocycles. The van der Waals surface area contributed by atoms with Crippen LogP contribution in [0, 0.1) is 13.8 Å². The normalized spacial score (nSPS) is 12.6. The van der Waals surface area contributed by atoms with E-state index in [1.54, 1.807) is 0 Å². The molecule has 2 aromatic rings. The van der Waals surface area contributed by atoms with Crippen molar-refractivity contribution in [2.45, 2.75) is 40.2 Å². The molecular weight excluding hydrogens is 252 g/mol. The fourth-order valence-electron chi connectivity index (χ4n) is 2.21. The highest BCUT2D eigenvalue weighted by Crippen LogP contribution is 2.28. The average Bonchev–Trinajstić information content (AvgIpc) is 2.78. The van der Waals surface area contributed by atoms with Crippen molar-refractivity contribution in [3.05, 3.63) is 51.0 Å². The Balaban J connectivity index is 2.35. The molecular formula is C16H22N2S. The smallest absolute Gasteiger partial charge is 0.115 e. The van der Waals surface area contributed by atoms with E-state index < -0.39 is 0 Å². The summed E-state index contributed by atoms with van der Waals surface area (Å²) in [6.07, 6.45) is 1.01. The monoisotopic (exact) mass is 274 g/mol. The molecule has 0 saturated carbocycles. The summed E-state index contributed by atoms with van der Waals surface area (Å²) in [4.78, 5) is 6.14. The topological polar surface area (TPSA) is 24.9 Å². The summed E-state index contributed by atoms with van der Waals surface area (Å²) < 4.78 is 0. The van der Waals surface area contributed by atoms with Crippen molar-refractivity contribution in [3.8, 4) is 0 Å². The van der Waals surface area contributed by atoms with Gasteiger partial charge in [0.15, 0.2) is 0 Å². The highest BCUT2D eigenvalue weighted by atomic mass is 32.1. The van der Waals surface area contributed by atoms with Gasteiger partial charge in [-0.25, -0.2) is 4.98 Å². The van der Waals surface area contributed by atoms with Crippen LogP contribution < -0.4 is 5.32 Å². The van der Waals surface area contributed by atoms with Crippen molar-refractivity contribution in [1.29, 1.82) is 0 Å². The van der Waals surface area contributed by atoms with Gasteiger partial charge in [-0.15, -0.1) is 11.3 Å². The number of aromatic nitrogens is 1. The summed E-state index contributed by atoms with van der Waals surface area (Å²) in [7, 11) is 0. The Morgan fingerprint density at radius 2 is 1.84 bits per heavy atom. The van der Waals surface area contributed by atoms with Crippen LogP contribution in [0.15, 0.2) is 24.3 Å². The van der Waals surface area contributed by atoms with Gasteiger partial charge < -0.3 is 5.32 Å². The van der Waals surface area contributed by atoms with Gasteiger partial charge >= 0.3 is 0 Å². The number of nitrogens with one attached hydrogen (secondary N) is 1. The first-order chi connectivity index (χ1) is 9.15. The molecule has 3 heteroatoms. The minimum Gasteiger partial charge on any atom is -0.305 e.